The third-order valence-electron chi connectivity index (χ3n) is 2.73. The van der Waals surface area contributed by atoms with Crippen LogP contribution in [0, 0.1) is 0 Å². The lowest BCUT2D eigenvalue weighted by molar-refractivity contribution is 0.908. The number of nitrogens with one attached hydrogen (secondary N) is 1. The van der Waals surface area contributed by atoms with E-state index in [0.29, 0.717) is 6.04 Å². The number of halogens is 1. The van der Waals surface area contributed by atoms with Crippen molar-refractivity contribution in [3.63, 3.8) is 0 Å². The number of hydrogen-bond acceptors (Lipinski definition) is 4. The Morgan fingerprint density at radius 3 is 2.94 bits per heavy atom. The number of fused-ring (bicyclic) bond motifs is 1. The minimum atomic E-state index is 0.312. The van der Waals surface area contributed by atoms with Crippen LogP contribution >= 0.6 is 38.6 Å². The van der Waals surface area contributed by atoms with E-state index in [1.54, 1.807) is 22.7 Å². The molecule has 92 valence electrons. The Balaban J connectivity index is 1.83. The first-order valence-corrected chi connectivity index (χ1v) is 8.11. The van der Waals surface area contributed by atoms with Gasteiger partial charge < -0.3 is 5.32 Å². The molecule has 0 aliphatic rings. The largest absolute Gasteiger partial charge is 0.378 e. The summed E-state index contributed by atoms with van der Waals surface area (Å²) in [5.41, 5.74) is 4.09. The topological polar surface area (TPSA) is 24.9 Å². The van der Waals surface area contributed by atoms with Crippen LogP contribution in [0.4, 0.5) is 5.69 Å². The third-order valence-corrected chi connectivity index (χ3v) is 5.40. The molecule has 3 aromatic rings. The summed E-state index contributed by atoms with van der Waals surface area (Å²) in [7, 11) is 0. The second-order valence-electron chi connectivity index (χ2n) is 4.07. The zero-order valence-corrected chi connectivity index (χ0v) is 12.9. The maximum Gasteiger partial charge on any atom is 0.0813 e. The van der Waals surface area contributed by atoms with Crippen LogP contribution in [0.3, 0.4) is 0 Å². The zero-order chi connectivity index (χ0) is 12.5. The summed E-state index contributed by atoms with van der Waals surface area (Å²) in [6.45, 7) is 2.18. The highest BCUT2D eigenvalue weighted by atomic mass is 79.9. The maximum absolute atomic E-state index is 4.29. The minimum Gasteiger partial charge on any atom is -0.378 e. The van der Waals surface area contributed by atoms with Gasteiger partial charge in [0.2, 0.25) is 0 Å². The lowest BCUT2D eigenvalue weighted by Crippen LogP contribution is -2.04. The third kappa shape index (κ3) is 2.43. The molecule has 0 saturated carbocycles. The highest BCUT2D eigenvalue weighted by Crippen LogP contribution is 2.29. The predicted octanol–water partition coefficient (Wildman–Crippen LogP) is 5.29. The Morgan fingerprint density at radius 2 is 2.17 bits per heavy atom. The van der Waals surface area contributed by atoms with Crippen molar-refractivity contribution in [3.8, 4) is 0 Å². The van der Waals surface area contributed by atoms with Gasteiger partial charge in [0.15, 0.2) is 0 Å². The fraction of sp³-hybridized carbons (Fsp3) is 0.154. The summed E-state index contributed by atoms with van der Waals surface area (Å²) in [6, 6.07) is 8.78. The minimum absolute atomic E-state index is 0.312. The molecule has 0 bridgehead atoms. The van der Waals surface area contributed by atoms with E-state index < -0.39 is 0 Å². The SMILES string of the molecule is CC(Nc1ccc2ncsc2c1)c1cc(Br)cs1. The summed E-state index contributed by atoms with van der Waals surface area (Å²) in [6.07, 6.45) is 0. The number of thiophene rings is 1. The summed E-state index contributed by atoms with van der Waals surface area (Å²) >= 11 is 6.92. The highest BCUT2D eigenvalue weighted by Gasteiger charge is 2.08. The van der Waals surface area contributed by atoms with Crippen molar-refractivity contribution in [1.82, 2.24) is 4.98 Å². The Hall–Kier alpha value is -0.910. The van der Waals surface area contributed by atoms with Gasteiger partial charge in [-0.15, -0.1) is 22.7 Å². The molecule has 0 aliphatic carbocycles. The smallest absolute Gasteiger partial charge is 0.0813 e. The summed E-state index contributed by atoms with van der Waals surface area (Å²) in [4.78, 5) is 5.61. The molecule has 5 heteroatoms. The Bertz CT molecular complexity index is 674. The van der Waals surface area contributed by atoms with Crippen LogP contribution in [0.1, 0.15) is 17.8 Å². The average molecular weight is 339 g/mol. The van der Waals surface area contributed by atoms with Gasteiger partial charge in [-0.3, -0.25) is 0 Å². The monoisotopic (exact) mass is 338 g/mol. The molecule has 0 saturated heterocycles. The lowest BCUT2D eigenvalue weighted by atomic mass is 10.2. The molecule has 1 atom stereocenters. The van der Waals surface area contributed by atoms with Crippen molar-refractivity contribution in [3.05, 3.63) is 44.5 Å². The van der Waals surface area contributed by atoms with E-state index in [4.69, 9.17) is 0 Å². The fourth-order valence-electron chi connectivity index (χ4n) is 1.82. The predicted molar refractivity (Wildman–Crippen MR) is 83.7 cm³/mol. The van der Waals surface area contributed by atoms with Crippen molar-refractivity contribution in [1.29, 1.82) is 0 Å². The van der Waals surface area contributed by atoms with E-state index in [9.17, 15) is 0 Å². The van der Waals surface area contributed by atoms with Gasteiger partial charge in [-0.25, -0.2) is 4.98 Å². The first-order valence-electron chi connectivity index (χ1n) is 5.56. The molecular weight excluding hydrogens is 328 g/mol. The number of aromatic nitrogens is 1. The Morgan fingerprint density at radius 1 is 1.28 bits per heavy atom. The van der Waals surface area contributed by atoms with Crippen LogP contribution in [0.2, 0.25) is 0 Å². The molecule has 0 fully saturated rings. The molecule has 18 heavy (non-hydrogen) atoms. The quantitative estimate of drug-likeness (QED) is 0.701. The maximum atomic E-state index is 4.29. The first-order chi connectivity index (χ1) is 8.72. The van der Waals surface area contributed by atoms with Gasteiger partial charge in [0, 0.05) is 20.4 Å². The van der Waals surface area contributed by atoms with Crippen LogP contribution in [0.15, 0.2) is 39.6 Å². The number of rotatable bonds is 3. The van der Waals surface area contributed by atoms with E-state index in [1.807, 2.05) is 5.51 Å². The molecule has 2 aromatic heterocycles. The van der Waals surface area contributed by atoms with E-state index >= 15 is 0 Å². The molecule has 1 N–H and O–H groups in total. The van der Waals surface area contributed by atoms with Gasteiger partial charge in [-0.1, -0.05) is 0 Å². The molecule has 1 aromatic carbocycles. The number of nitrogens with zero attached hydrogens (tertiary/aromatic N) is 1. The van der Waals surface area contributed by atoms with Gasteiger partial charge in [-0.05, 0) is 47.1 Å². The fourth-order valence-corrected chi connectivity index (χ4v) is 3.99. The number of anilines is 1. The zero-order valence-electron chi connectivity index (χ0n) is 9.68. The first kappa shape index (κ1) is 12.1. The second kappa shape index (κ2) is 4.99. The van der Waals surface area contributed by atoms with Crippen LogP contribution < -0.4 is 5.32 Å². The summed E-state index contributed by atoms with van der Waals surface area (Å²) in [5, 5.41) is 5.63. The molecule has 0 aliphatic heterocycles. The molecule has 3 rings (SSSR count). The molecule has 1 unspecified atom stereocenters. The molecule has 0 spiro atoms. The average Bonchev–Trinajstić information content (AvgIpc) is 2.96. The van der Waals surface area contributed by atoms with Gasteiger partial charge in [0.05, 0.1) is 21.8 Å². The molecule has 0 amide bonds. The lowest BCUT2D eigenvalue weighted by Gasteiger charge is -2.13. The van der Waals surface area contributed by atoms with Crippen molar-refractivity contribution in [2.45, 2.75) is 13.0 Å². The second-order valence-corrected chi connectivity index (χ2v) is 6.81. The Kier molecular flexibility index (Phi) is 3.37. The summed E-state index contributed by atoms with van der Waals surface area (Å²) < 4.78 is 2.37. The molecular formula is C13H11BrN2S2. The molecule has 2 nitrogen and oxygen atoms in total. The van der Waals surface area contributed by atoms with Crippen molar-refractivity contribution in [2.75, 3.05) is 5.32 Å². The molecule has 2 heterocycles. The van der Waals surface area contributed by atoms with E-state index in [2.05, 4.69) is 62.8 Å². The number of thiazole rings is 1. The number of benzene rings is 1. The normalized spacial score (nSPS) is 12.8. The van der Waals surface area contributed by atoms with Crippen molar-refractivity contribution >= 4 is 54.5 Å². The van der Waals surface area contributed by atoms with E-state index in [-0.39, 0.29) is 0 Å². The van der Waals surface area contributed by atoms with E-state index in [0.717, 1.165) is 15.7 Å². The highest BCUT2D eigenvalue weighted by molar-refractivity contribution is 9.10. The number of hydrogen-bond donors (Lipinski definition) is 1. The molecule has 0 radical (unpaired) electrons. The van der Waals surface area contributed by atoms with Crippen LogP contribution in [-0.2, 0) is 0 Å². The standard InChI is InChI=1S/C13H11BrN2S2/c1-8(12-4-9(14)6-17-12)16-10-2-3-11-13(5-10)18-7-15-11/h2-8,16H,1H3. The van der Waals surface area contributed by atoms with Crippen molar-refractivity contribution < 1.29 is 0 Å². The van der Waals surface area contributed by atoms with Crippen molar-refractivity contribution in [2.24, 2.45) is 0 Å². The van der Waals surface area contributed by atoms with Crippen LogP contribution in [0.5, 0.6) is 0 Å². The van der Waals surface area contributed by atoms with Gasteiger partial charge in [0.25, 0.3) is 0 Å². The van der Waals surface area contributed by atoms with Gasteiger partial charge >= 0.3 is 0 Å². The Labute approximate surface area is 122 Å². The summed E-state index contributed by atoms with van der Waals surface area (Å²) in [5.74, 6) is 0. The van der Waals surface area contributed by atoms with Crippen LogP contribution in [0.25, 0.3) is 10.2 Å². The van der Waals surface area contributed by atoms with Gasteiger partial charge in [-0.2, -0.15) is 0 Å². The van der Waals surface area contributed by atoms with Gasteiger partial charge in [0.1, 0.15) is 0 Å². The van der Waals surface area contributed by atoms with Crippen LogP contribution in [-0.4, -0.2) is 4.98 Å². The van der Waals surface area contributed by atoms with E-state index in [1.165, 1.54) is 9.58 Å².